The molecule has 0 saturated heterocycles. The predicted octanol–water partition coefficient (Wildman–Crippen LogP) is 3.22. The third-order valence-corrected chi connectivity index (χ3v) is 3.44. The summed E-state index contributed by atoms with van der Waals surface area (Å²) in [6.45, 7) is 2.13. The molecule has 2 heterocycles. The van der Waals surface area contributed by atoms with Crippen LogP contribution in [0.3, 0.4) is 0 Å². The molecule has 0 saturated carbocycles. The van der Waals surface area contributed by atoms with Crippen molar-refractivity contribution in [1.29, 1.82) is 0 Å². The fourth-order valence-electron chi connectivity index (χ4n) is 2.33. The van der Waals surface area contributed by atoms with E-state index in [2.05, 4.69) is 15.4 Å². The molecule has 0 aliphatic carbocycles. The molecule has 0 radical (unpaired) electrons. The maximum atomic E-state index is 13.4. The Hall–Kier alpha value is -2.90. The molecular weight excluding hydrogens is 321 g/mol. The van der Waals surface area contributed by atoms with Gasteiger partial charge in [-0.3, -0.25) is 4.79 Å². The normalized spacial score (nSPS) is 11.2. The van der Waals surface area contributed by atoms with Crippen LogP contribution in [0, 0.1) is 5.82 Å². The fraction of sp³-hybridized carbons (Fsp3) is 0.188. The molecule has 0 unspecified atom stereocenters. The second-order valence-electron chi connectivity index (χ2n) is 5.03. The topological polar surface area (TPSA) is 59.3 Å². The van der Waals surface area contributed by atoms with E-state index in [-0.39, 0.29) is 16.9 Å². The van der Waals surface area contributed by atoms with Gasteiger partial charge in [0.15, 0.2) is 5.65 Å². The maximum absolute atomic E-state index is 13.4. The van der Waals surface area contributed by atoms with Crippen LogP contribution in [0.5, 0.6) is 0 Å². The molecule has 2 aromatic heterocycles. The number of carbonyl (C=O) groups is 1. The van der Waals surface area contributed by atoms with E-state index in [1.165, 1.54) is 36.5 Å². The summed E-state index contributed by atoms with van der Waals surface area (Å²) in [4.78, 5) is 16.3. The molecule has 24 heavy (non-hydrogen) atoms. The molecule has 1 amide bonds. The van der Waals surface area contributed by atoms with Crippen LogP contribution in [0.15, 0.2) is 36.5 Å². The van der Waals surface area contributed by atoms with Crippen molar-refractivity contribution in [2.75, 3.05) is 6.54 Å². The van der Waals surface area contributed by atoms with Crippen LogP contribution in [0.4, 0.5) is 13.2 Å². The minimum absolute atomic E-state index is 0.0260. The third-order valence-electron chi connectivity index (χ3n) is 3.44. The number of hydrogen-bond donors (Lipinski definition) is 1. The molecule has 0 aliphatic heterocycles. The molecule has 8 heteroatoms. The van der Waals surface area contributed by atoms with Crippen molar-refractivity contribution in [3.63, 3.8) is 0 Å². The molecule has 1 N–H and O–H groups in total. The molecule has 0 aliphatic rings. The molecule has 1 aromatic carbocycles. The highest BCUT2D eigenvalue weighted by atomic mass is 19.3. The molecule has 5 nitrogen and oxygen atoms in total. The van der Waals surface area contributed by atoms with Gasteiger partial charge in [-0.25, -0.2) is 22.7 Å². The Morgan fingerprint density at radius 1 is 1.29 bits per heavy atom. The highest BCUT2D eigenvalue weighted by molar-refractivity contribution is 5.99. The summed E-state index contributed by atoms with van der Waals surface area (Å²) >= 11 is 0. The lowest BCUT2D eigenvalue weighted by Crippen LogP contribution is -2.22. The summed E-state index contributed by atoms with van der Waals surface area (Å²) in [5, 5.41) is 6.43. The zero-order valence-corrected chi connectivity index (χ0v) is 12.6. The highest BCUT2D eigenvalue weighted by Gasteiger charge is 2.21. The highest BCUT2D eigenvalue weighted by Crippen LogP contribution is 2.26. The minimum atomic E-state index is -2.81. The second-order valence-corrected chi connectivity index (χ2v) is 5.03. The first kappa shape index (κ1) is 16.0. The van der Waals surface area contributed by atoms with Gasteiger partial charge in [0.25, 0.3) is 12.3 Å². The lowest BCUT2D eigenvalue weighted by atomic mass is 10.1. The summed E-state index contributed by atoms with van der Waals surface area (Å²) in [6, 6.07) is 6.48. The smallest absolute Gasteiger partial charge is 0.280 e. The van der Waals surface area contributed by atoms with Crippen molar-refractivity contribution in [3.05, 3.63) is 53.6 Å². The van der Waals surface area contributed by atoms with Crippen molar-refractivity contribution in [1.82, 2.24) is 19.9 Å². The second kappa shape index (κ2) is 6.31. The van der Waals surface area contributed by atoms with Gasteiger partial charge in [-0.2, -0.15) is 5.10 Å². The third kappa shape index (κ3) is 2.82. The maximum Gasteiger partial charge on any atom is 0.280 e. The Labute approximate surface area is 135 Å². The zero-order valence-electron chi connectivity index (χ0n) is 12.6. The lowest BCUT2D eigenvalue weighted by molar-refractivity contribution is 0.0957. The van der Waals surface area contributed by atoms with Gasteiger partial charge >= 0.3 is 0 Å². The molecular formula is C16H13F3N4O. The van der Waals surface area contributed by atoms with Crippen molar-refractivity contribution in [2.24, 2.45) is 0 Å². The number of nitrogens with one attached hydrogen (secondary N) is 1. The van der Waals surface area contributed by atoms with E-state index in [4.69, 9.17) is 0 Å². The number of rotatable bonds is 4. The average molecular weight is 334 g/mol. The zero-order chi connectivity index (χ0) is 17.3. The van der Waals surface area contributed by atoms with Crippen LogP contribution in [-0.4, -0.2) is 27.0 Å². The number of nitrogens with zero attached hydrogens (tertiary/aromatic N) is 3. The largest absolute Gasteiger partial charge is 0.352 e. The molecule has 124 valence electrons. The predicted molar refractivity (Wildman–Crippen MR) is 81.3 cm³/mol. The van der Waals surface area contributed by atoms with Gasteiger partial charge in [0.1, 0.15) is 17.1 Å². The van der Waals surface area contributed by atoms with Gasteiger partial charge in [0.2, 0.25) is 0 Å². The molecule has 0 spiro atoms. The Morgan fingerprint density at radius 2 is 2.00 bits per heavy atom. The standard InChI is InChI=1S/C16H13F3N4O/c1-2-20-16(24)11-8-21-23-13(14(18)19)7-12(22-15(11)23)9-3-5-10(17)6-4-9/h3-8,14H,2H2,1H3,(H,20,24). The first-order valence-electron chi connectivity index (χ1n) is 7.22. The lowest BCUT2D eigenvalue weighted by Gasteiger charge is -2.08. The number of aromatic nitrogens is 3. The van der Waals surface area contributed by atoms with E-state index in [9.17, 15) is 18.0 Å². The van der Waals surface area contributed by atoms with Crippen LogP contribution >= 0.6 is 0 Å². The Balaban J connectivity index is 2.22. The van der Waals surface area contributed by atoms with E-state index < -0.39 is 23.8 Å². The van der Waals surface area contributed by atoms with Gasteiger partial charge in [-0.05, 0) is 37.3 Å². The molecule has 0 fully saturated rings. The van der Waals surface area contributed by atoms with Crippen LogP contribution in [0.1, 0.15) is 29.4 Å². The number of hydrogen-bond acceptors (Lipinski definition) is 3. The van der Waals surface area contributed by atoms with E-state index >= 15 is 0 Å². The van der Waals surface area contributed by atoms with Gasteiger partial charge in [-0.15, -0.1) is 0 Å². The van der Waals surface area contributed by atoms with Crippen LogP contribution < -0.4 is 5.32 Å². The fourth-order valence-corrected chi connectivity index (χ4v) is 2.33. The van der Waals surface area contributed by atoms with Crippen LogP contribution in [0.2, 0.25) is 0 Å². The minimum Gasteiger partial charge on any atom is -0.352 e. The van der Waals surface area contributed by atoms with E-state index in [0.717, 1.165) is 4.52 Å². The van der Waals surface area contributed by atoms with Crippen molar-refractivity contribution >= 4 is 11.6 Å². The average Bonchev–Trinajstić information content (AvgIpc) is 2.98. The molecule has 3 aromatic rings. The van der Waals surface area contributed by atoms with Gasteiger partial charge in [0.05, 0.1) is 11.9 Å². The van der Waals surface area contributed by atoms with Gasteiger partial charge in [-0.1, -0.05) is 0 Å². The number of carbonyl (C=O) groups excluding carboxylic acids is 1. The summed E-state index contributed by atoms with van der Waals surface area (Å²) in [6.07, 6.45) is -1.61. The number of fused-ring (bicyclic) bond motifs is 1. The van der Waals surface area contributed by atoms with Crippen molar-refractivity contribution in [3.8, 4) is 11.3 Å². The van der Waals surface area contributed by atoms with Gasteiger partial charge < -0.3 is 5.32 Å². The van der Waals surface area contributed by atoms with Crippen LogP contribution in [0.25, 0.3) is 16.9 Å². The summed E-state index contributed by atoms with van der Waals surface area (Å²) < 4.78 is 40.7. The Bertz CT molecular complexity index is 890. The SMILES string of the molecule is CCNC(=O)c1cnn2c(C(F)F)cc(-c3ccc(F)cc3)nc12. The molecule has 0 bridgehead atoms. The Morgan fingerprint density at radius 3 is 2.62 bits per heavy atom. The quantitative estimate of drug-likeness (QED) is 0.797. The summed E-state index contributed by atoms with van der Waals surface area (Å²) in [7, 11) is 0. The number of halogens is 3. The number of alkyl halides is 2. The van der Waals surface area contributed by atoms with Crippen molar-refractivity contribution < 1.29 is 18.0 Å². The van der Waals surface area contributed by atoms with Crippen molar-refractivity contribution in [2.45, 2.75) is 13.3 Å². The van der Waals surface area contributed by atoms with Gasteiger partial charge in [0, 0.05) is 12.1 Å². The van der Waals surface area contributed by atoms with E-state index in [1.807, 2.05) is 0 Å². The van der Waals surface area contributed by atoms with Crippen LogP contribution in [-0.2, 0) is 0 Å². The molecule has 3 rings (SSSR count). The Kier molecular flexibility index (Phi) is 4.20. The van der Waals surface area contributed by atoms with E-state index in [1.54, 1.807) is 6.92 Å². The first-order valence-corrected chi connectivity index (χ1v) is 7.22. The first-order chi connectivity index (χ1) is 11.5. The number of amides is 1. The summed E-state index contributed by atoms with van der Waals surface area (Å²) in [5.74, 6) is -0.891. The number of benzene rings is 1. The monoisotopic (exact) mass is 334 g/mol. The summed E-state index contributed by atoms with van der Waals surface area (Å²) in [5.41, 5.74) is 0.406. The van der Waals surface area contributed by atoms with E-state index in [0.29, 0.717) is 12.1 Å². The molecule has 0 atom stereocenters.